The molecular formula is C11H14F2N2O3. The Labute approximate surface area is 103 Å². The molecule has 5 nitrogen and oxygen atoms in total. The lowest BCUT2D eigenvalue weighted by Gasteiger charge is -2.11. The first-order valence-electron chi connectivity index (χ1n) is 5.15. The number of nitrogens with one attached hydrogen (secondary N) is 1. The lowest BCUT2D eigenvalue weighted by atomic mass is 10.1. The Balaban J connectivity index is 2.70. The van der Waals surface area contributed by atoms with Crippen molar-refractivity contribution < 1.29 is 23.4 Å². The lowest BCUT2D eigenvalue weighted by Crippen LogP contribution is -2.34. The maximum absolute atomic E-state index is 13.3. The van der Waals surface area contributed by atoms with Crippen LogP contribution in [-0.4, -0.2) is 37.4 Å². The molecule has 0 bridgehead atoms. The molecule has 0 aliphatic heterocycles. The van der Waals surface area contributed by atoms with Crippen molar-refractivity contribution in [3.8, 4) is 0 Å². The first kappa shape index (κ1) is 14.3. The van der Waals surface area contributed by atoms with Gasteiger partial charge in [0.2, 0.25) is 0 Å². The van der Waals surface area contributed by atoms with Gasteiger partial charge >= 0.3 is 0 Å². The molecule has 1 aromatic carbocycles. The molecule has 0 saturated heterocycles. The number of nitrogen functional groups attached to an aromatic ring is 1. The van der Waals surface area contributed by atoms with E-state index in [0.29, 0.717) is 6.07 Å². The van der Waals surface area contributed by atoms with Gasteiger partial charge in [-0.25, -0.2) is 8.78 Å². The highest BCUT2D eigenvalue weighted by molar-refractivity contribution is 5.95. The zero-order valence-corrected chi connectivity index (χ0v) is 9.74. The van der Waals surface area contributed by atoms with E-state index in [1.54, 1.807) is 0 Å². The van der Waals surface area contributed by atoms with Crippen LogP contribution >= 0.6 is 0 Å². The number of anilines is 1. The fourth-order valence-corrected chi connectivity index (χ4v) is 1.30. The van der Waals surface area contributed by atoms with Gasteiger partial charge in [0.15, 0.2) is 0 Å². The minimum atomic E-state index is -1.01. The van der Waals surface area contributed by atoms with Crippen LogP contribution in [0.25, 0.3) is 0 Å². The van der Waals surface area contributed by atoms with Gasteiger partial charge in [0.25, 0.3) is 5.91 Å². The number of carbonyl (C=O) groups is 1. The number of hydrogen-bond donors (Lipinski definition) is 3. The molecule has 1 rings (SSSR count). The Morgan fingerprint density at radius 1 is 1.50 bits per heavy atom. The van der Waals surface area contributed by atoms with Crippen molar-refractivity contribution in [2.24, 2.45) is 0 Å². The molecule has 0 saturated carbocycles. The first-order chi connectivity index (χ1) is 8.45. The van der Waals surface area contributed by atoms with Crippen LogP contribution < -0.4 is 11.1 Å². The molecular weight excluding hydrogens is 246 g/mol. The summed E-state index contributed by atoms with van der Waals surface area (Å²) in [7, 11) is 1.39. The van der Waals surface area contributed by atoms with Crippen LogP contribution in [0.3, 0.4) is 0 Å². The standard InChI is InChI=1S/C11H14F2N2O3/c1-18-5-6(16)4-15-11(17)7-2-10(14)9(13)3-8(7)12/h2-3,6,16H,4-5,14H2,1H3,(H,15,17). The average Bonchev–Trinajstić information content (AvgIpc) is 2.31. The largest absolute Gasteiger partial charge is 0.396 e. The second-order valence-electron chi connectivity index (χ2n) is 3.67. The Morgan fingerprint density at radius 2 is 2.17 bits per heavy atom. The van der Waals surface area contributed by atoms with Gasteiger partial charge in [-0.1, -0.05) is 0 Å². The highest BCUT2D eigenvalue weighted by Crippen LogP contribution is 2.16. The normalized spacial score (nSPS) is 12.2. The number of nitrogens with two attached hydrogens (primary N) is 1. The van der Waals surface area contributed by atoms with Crippen LogP contribution in [0.4, 0.5) is 14.5 Å². The minimum Gasteiger partial charge on any atom is -0.396 e. The molecule has 0 fully saturated rings. The number of halogens is 2. The molecule has 1 unspecified atom stereocenters. The zero-order valence-electron chi connectivity index (χ0n) is 9.74. The van der Waals surface area contributed by atoms with Crippen LogP contribution in [-0.2, 0) is 4.74 Å². The quantitative estimate of drug-likeness (QED) is 0.664. The molecule has 1 atom stereocenters. The molecule has 0 radical (unpaired) electrons. The third kappa shape index (κ3) is 3.64. The summed E-state index contributed by atoms with van der Waals surface area (Å²) in [5.74, 6) is -2.72. The summed E-state index contributed by atoms with van der Waals surface area (Å²) in [4.78, 5) is 11.6. The van der Waals surface area contributed by atoms with E-state index in [0.717, 1.165) is 6.07 Å². The van der Waals surface area contributed by atoms with Gasteiger partial charge in [-0.05, 0) is 6.07 Å². The van der Waals surface area contributed by atoms with Crippen molar-refractivity contribution in [3.63, 3.8) is 0 Å². The second kappa shape index (κ2) is 6.27. The Morgan fingerprint density at radius 3 is 2.78 bits per heavy atom. The van der Waals surface area contributed by atoms with Crippen molar-refractivity contribution in [1.29, 1.82) is 0 Å². The van der Waals surface area contributed by atoms with E-state index in [9.17, 15) is 18.7 Å². The van der Waals surface area contributed by atoms with Crippen molar-refractivity contribution in [2.75, 3.05) is 26.0 Å². The summed E-state index contributed by atoms with van der Waals surface area (Å²) in [6.45, 7) is -0.0717. The number of amides is 1. The van der Waals surface area contributed by atoms with Crippen molar-refractivity contribution in [2.45, 2.75) is 6.10 Å². The van der Waals surface area contributed by atoms with E-state index in [2.05, 4.69) is 10.1 Å². The first-order valence-corrected chi connectivity index (χ1v) is 5.15. The van der Waals surface area contributed by atoms with Gasteiger partial charge < -0.3 is 20.9 Å². The molecule has 4 N–H and O–H groups in total. The molecule has 0 aliphatic rings. The van der Waals surface area contributed by atoms with Crippen molar-refractivity contribution >= 4 is 11.6 Å². The third-order valence-corrected chi connectivity index (χ3v) is 2.19. The van der Waals surface area contributed by atoms with Gasteiger partial charge in [0.05, 0.1) is 24.0 Å². The van der Waals surface area contributed by atoms with Crippen LogP contribution in [0.1, 0.15) is 10.4 Å². The van der Waals surface area contributed by atoms with E-state index < -0.39 is 23.6 Å². The second-order valence-corrected chi connectivity index (χ2v) is 3.67. The summed E-state index contributed by atoms with van der Waals surface area (Å²) in [6, 6.07) is 1.44. The van der Waals surface area contributed by atoms with Crippen LogP contribution in [0, 0.1) is 11.6 Å². The van der Waals surface area contributed by atoms with Gasteiger partial charge in [-0.15, -0.1) is 0 Å². The van der Waals surface area contributed by atoms with Gasteiger partial charge in [0, 0.05) is 19.7 Å². The van der Waals surface area contributed by atoms with Gasteiger partial charge in [-0.3, -0.25) is 4.79 Å². The molecule has 18 heavy (non-hydrogen) atoms. The summed E-state index contributed by atoms with van der Waals surface area (Å²) in [5, 5.41) is 11.6. The third-order valence-electron chi connectivity index (χ3n) is 2.19. The Kier molecular flexibility index (Phi) is 4.99. The highest BCUT2D eigenvalue weighted by Gasteiger charge is 2.15. The molecule has 0 aliphatic carbocycles. The van der Waals surface area contributed by atoms with E-state index >= 15 is 0 Å². The summed E-state index contributed by atoms with van der Waals surface area (Å²) in [6.07, 6.45) is -0.903. The lowest BCUT2D eigenvalue weighted by molar-refractivity contribution is 0.0609. The SMILES string of the molecule is COCC(O)CNC(=O)c1cc(N)c(F)cc1F. The summed E-state index contributed by atoms with van der Waals surface area (Å²) < 4.78 is 30.8. The monoisotopic (exact) mass is 260 g/mol. The molecule has 1 aromatic rings. The molecule has 0 heterocycles. The van der Waals surface area contributed by atoms with Crippen molar-refractivity contribution in [1.82, 2.24) is 5.32 Å². The predicted molar refractivity (Wildman–Crippen MR) is 61.0 cm³/mol. The van der Waals surface area contributed by atoms with E-state index in [1.165, 1.54) is 7.11 Å². The van der Waals surface area contributed by atoms with Crippen LogP contribution in [0.15, 0.2) is 12.1 Å². The van der Waals surface area contributed by atoms with Crippen molar-refractivity contribution in [3.05, 3.63) is 29.3 Å². The average molecular weight is 260 g/mol. The number of ether oxygens (including phenoxy) is 1. The number of carbonyl (C=O) groups excluding carboxylic acids is 1. The maximum atomic E-state index is 13.3. The minimum absolute atomic E-state index is 0.0360. The number of aliphatic hydroxyl groups is 1. The zero-order chi connectivity index (χ0) is 13.7. The molecule has 7 heteroatoms. The van der Waals surface area contributed by atoms with E-state index in [1.807, 2.05) is 0 Å². The van der Waals surface area contributed by atoms with Gasteiger partial charge in [0.1, 0.15) is 11.6 Å². The predicted octanol–water partition coefficient (Wildman–Crippen LogP) is 0.284. The molecule has 100 valence electrons. The van der Waals surface area contributed by atoms with E-state index in [-0.39, 0.29) is 24.4 Å². The number of hydrogen-bond acceptors (Lipinski definition) is 4. The Hall–Kier alpha value is -1.73. The Bertz CT molecular complexity index is 441. The number of benzene rings is 1. The molecule has 0 spiro atoms. The van der Waals surface area contributed by atoms with Crippen LogP contribution in [0.2, 0.25) is 0 Å². The summed E-state index contributed by atoms with van der Waals surface area (Å²) >= 11 is 0. The maximum Gasteiger partial charge on any atom is 0.254 e. The van der Waals surface area contributed by atoms with Gasteiger partial charge in [-0.2, -0.15) is 0 Å². The number of rotatable bonds is 5. The fourth-order valence-electron chi connectivity index (χ4n) is 1.30. The molecule has 1 amide bonds. The van der Waals surface area contributed by atoms with Crippen LogP contribution in [0.5, 0.6) is 0 Å². The summed E-state index contributed by atoms with van der Waals surface area (Å²) in [5.41, 5.74) is 4.54. The smallest absolute Gasteiger partial charge is 0.254 e. The fraction of sp³-hybridized carbons (Fsp3) is 0.364. The number of methoxy groups -OCH3 is 1. The van der Waals surface area contributed by atoms with E-state index in [4.69, 9.17) is 5.73 Å². The molecule has 0 aromatic heterocycles. The topological polar surface area (TPSA) is 84.6 Å². The number of aliphatic hydroxyl groups excluding tert-OH is 1. The highest BCUT2D eigenvalue weighted by atomic mass is 19.1.